The Morgan fingerprint density at radius 3 is 2.72 bits per heavy atom. The number of hydrogen-bond acceptors (Lipinski definition) is 5. The van der Waals surface area contributed by atoms with Crippen molar-refractivity contribution in [1.82, 2.24) is 15.0 Å². The van der Waals surface area contributed by atoms with E-state index in [-0.39, 0.29) is 5.91 Å². The Labute approximate surface area is 104 Å². The van der Waals surface area contributed by atoms with Crippen LogP contribution in [0.15, 0.2) is 30.7 Å². The fraction of sp³-hybridized carbons (Fsp3) is 0.167. The molecule has 6 nitrogen and oxygen atoms in total. The quantitative estimate of drug-likeness (QED) is 0.835. The van der Waals surface area contributed by atoms with Crippen molar-refractivity contribution in [2.75, 3.05) is 5.32 Å². The third kappa shape index (κ3) is 2.86. The second-order valence-corrected chi connectivity index (χ2v) is 3.71. The van der Waals surface area contributed by atoms with Crippen LogP contribution >= 0.6 is 0 Å². The third-order valence-electron chi connectivity index (χ3n) is 2.33. The molecule has 0 spiro atoms. The van der Waals surface area contributed by atoms with Gasteiger partial charge in [0.2, 0.25) is 0 Å². The lowest BCUT2D eigenvalue weighted by molar-refractivity contribution is 0.102. The molecule has 3 N–H and O–H groups in total. The first-order chi connectivity index (χ1) is 8.69. The van der Waals surface area contributed by atoms with Crippen LogP contribution in [0, 0.1) is 6.92 Å². The van der Waals surface area contributed by atoms with Gasteiger partial charge in [-0.3, -0.25) is 9.78 Å². The van der Waals surface area contributed by atoms with Gasteiger partial charge in [-0.1, -0.05) is 0 Å². The summed E-state index contributed by atoms with van der Waals surface area (Å²) in [6, 6.07) is 3.29. The highest BCUT2D eigenvalue weighted by Crippen LogP contribution is 2.07. The van der Waals surface area contributed by atoms with Crippen molar-refractivity contribution in [3.63, 3.8) is 0 Å². The average molecular weight is 243 g/mol. The summed E-state index contributed by atoms with van der Waals surface area (Å²) in [4.78, 5) is 24.0. The summed E-state index contributed by atoms with van der Waals surface area (Å²) in [5.74, 6) is 0.418. The third-order valence-corrected chi connectivity index (χ3v) is 2.33. The molecule has 0 bridgehead atoms. The number of hydrogen-bond donors (Lipinski definition) is 2. The largest absolute Gasteiger partial charge is 0.325 e. The minimum atomic E-state index is -0.237. The van der Waals surface area contributed by atoms with E-state index in [0.29, 0.717) is 29.3 Å². The molecule has 0 fully saturated rings. The van der Waals surface area contributed by atoms with Gasteiger partial charge in [0, 0.05) is 18.3 Å². The lowest BCUT2D eigenvalue weighted by Crippen LogP contribution is -2.13. The molecular formula is C12H13N5O. The van der Waals surface area contributed by atoms with E-state index >= 15 is 0 Å². The van der Waals surface area contributed by atoms with Crippen molar-refractivity contribution in [3.8, 4) is 0 Å². The van der Waals surface area contributed by atoms with Gasteiger partial charge in [-0.05, 0) is 19.1 Å². The van der Waals surface area contributed by atoms with Crippen LogP contribution in [0.5, 0.6) is 0 Å². The zero-order valence-electron chi connectivity index (χ0n) is 9.92. The number of carbonyl (C=O) groups is 1. The fourth-order valence-corrected chi connectivity index (χ4v) is 1.39. The second kappa shape index (κ2) is 5.33. The van der Waals surface area contributed by atoms with Crippen molar-refractivity contribution >= 4 is 11.6 Å². The SMILES string of the molecule is Cc1ncc(NC(=O)c2ccnc(CN)c2)cn1. The number of carbonyl (C=O) groups excluding carboxylic acids is 1. The molecular weight excluding hydrogens is 230 g/mol. The molecule has 18 heavy (non-hydrogen) atoms. The molecule has 0 aromatic carbocycles. The van der Waals surface area contributed by atoms with Gasteiger partial charge in [-0.25, -0.2) is 9.97 Å². The lowest BCUT2D eigenvalue weighted by Gasteiger charge is -2.05. The molecule has 92 valence electrons. The number of pyridine rings is 1. The van der Waals surface area contributed by atoms with Crippen LogP contribution in [-0.4, -0.2) is 20.9 Å². The van der Waals surface area contributed by atoms with Gasteiger partial charge in [0.15, 0.2) is 0 Å². The number of nitrogens with zero attached hydrogens (tertiary/aromatic N) is 3. The normalized spacial score (nSPS) is 10.1. The summed E-state index contributed by atoms with van der Waals surface area (Å²) in [5, 5.41) is 2.70. The first-order valence-electron chi connectivity index (χ1n) is 5.44. The summed E-state index contributed by atoms with van der Waals surface area (Å²) < 4.78 is 0. The maximum absolute atomic E-state index is 11.9. The van der Waals surface area contributed by atoms with Gasteiger partial charge >= 0.3 is 0 Å². The first kappa shape index (κ1) is 12.1. The standard InChI is InChI=1S/C12H13N5O/c1-8-15-6-11(7-16-8)17-12(18)9-2-3-14-10(4-9)5-13/h2-4,6-7H,5,13H2,1H3,(H,17,18). The average Bonchev–Trinajstić information content (AvgIpc) is 2.41. The highest BCUT2D eigenvalue weighted by atomic mass is 16.1. The fourth-order valence-electron chi connectivity index (χ4n) is 1.39. The van der Waals surface area contributed by atoms with Crippen molar-refractivity contribution in [2.24, 2.45) is 5.73 Å². The maximum atomic E-state index is 11.9. The molecule has 2 rings (SSSR count). The Morgan fingerprint density at radius 2 is 2.06 bits per heavy atom. The van der Waals surface area contributed by atoms with Crippen LogP contribution in [0.4, 0.5) is 5.69 Å². The number of aryl methyl sites for hydroxylation is 1. The summed E-state index contributed by atoms with van der Waals surface area (Å²) in [6.45, 7) is 2.08. The van der Waals surface area contributed by atoms with Crippen LogP contribution in [0.3, 0.4) is 0 Å². The van der Waals surface area contributed by atoms with Gasteiger partial charge in [-0.2, -0.15) is 0 Å². The zero-order chi connectivity index (χ0) is 13.0. The molecule has 0 saturated heterocycles. The molecule has 0 aliphatic carbocycles. The Bertz CT molecular complexity index is 553. The Kier molecular flexibility index (Phi) is 3.59. The van der Waals surface area contributed by atoms with E-state index in [1.165, 1.54) is 0 Å². The lowest BCUT2D eigenvalue weighted by atomic mass is 10.2. The zero-order valence-corrected chi connectivity index (χ0v) is 9.92. The van der Waals surface area contributed by atoms with Crippen molar-refractivity contribution < 1.29 is 4.79 Å². The van der Waals surface area contributed by atoms with E-state index in [0.717, 1.165) is 0 Å². The van der Waals surface area contributed by atoms with E-state index in [1.807, 2.05) is 0 Å². The summed E-state index contributed by atoms with van der Waals surface area (Å²) in [6.07, 6.45) is 4.68. The Hall–Kier alpha value is -2.34. The van der Waals surface area contributed by atoms with Gasteiger partial charge in [0.05, 0.1) is 23.8 Å². The molecule has 0 atom stereocenters. The van der Waals surface area contributed by atoms with Crippen molar-refractivity contribution in [2.45, 2.75) is 13.5 Å². The molecule has 0 aliphatic heterocycles. The van der Waals surface area contributed by atoms with Gasteiger partial charge < -0.3 is 11.1 Å². The molecule has 2 heterocycles. The predicted molar refractivity (Wildman–Crippen MR) is 66.9 cm³/mol. The number of nitrogens with one attached hydrogen (secondary N) is 1. The van der Waals surface area contributed by atoms with Gasteiger partial charge in [0.1, 0.15) is 5.82 Å². The molecule has 0 saturated carbocycles. The highest BCUT2D eigenvalue weighted by molar-refractivity contribution is 6.04. The molecule has 0 radical (unpaired) electrons. The predicted octanol–water partition coefficient (Wildman–Crippen LogP) is 0.891. The number of aromatic nitrogens is 3. The summed E-state index contributed by atoms with van der Waals surface area (Å²) in [7, 11) is 0. The van der Waals surface area contributed by atoms with E-state index < -0.39 is 0 Å². The van der Waals surface area contributed by atoms with Crippen LogP contribution in [-0.2, 0) is 6.54 Å². The minimum Gasteiger partial charge on any atom is -0.325 e. The summed E-state index contributed by atoms with van der Waals surface area (Å²) in [5.41, 5.74) is 7.20. The molecule has 2 aromatic rings. The topological polar surface area (TPSA) is 93.8 Å². The summed E-state index contributed by atoms with van der Waals surface area (Å²) >= 11 is 0. The number of anilines is 1. The van der Waals surface area contributed by atoms with Crippen LogP contribution in [0.2, 0.25) is 0 Å². The molecule has 6 heteroatoms. The smallest absolute Gasteiger partial charge is 0.255 e. The Balaban J connectivity index is 2.14. The molecule has 2 aromatic heterocycles. The highest BCUT2D eigenvalue weighted by Gasteiger charge is 2.07. The van der Waals surface area contributed by atoms with Crippen LogP contribution in [0.25, 0.3) is 0 Å². The van der Waals surface area contributed by atoms with E-state index in [4.69, 9.17) is 5.73 Å². The van der Waals surface area contributed by atoms with Gasteiger partial charge in [-0.15, -0.1) is 0 Å². The number of rotatable bonds is 3. The Morgan fingerprint density at radius 1 is 1.33 bits per heavy atom. The molecule has 0 aliphatic rings. The second-order valence-electron chi connectivity index (χ2n) is 3.71. The van der Waals surface area contributed by atoms with Gasteiger partial charge in [0.25, 0.3) is 5.91 Å². The van der Waals surface area contributed by atoms with Crippen LogP contribution < -0.4 is 11.1 Å². The minimum absolute atomic E-state index is 0.237. The van der Waals surface area contributed by atoms with E-state index in [2.05, 4.69) is 20.3 Å². The van der Waals surface area contributed by atoms with Crippen molar-refractivity contribution in [1.29, 1.82) is 0 Å². The first-order valence-corrected chi connectivity index (χ1v) is 5.44. The maximum Gasteiger partial charge on any atom is 0.255 e. The molecule has 0 unspecified atom stereocenters. The van der Waals surface area contributed by atoms with E-state index in [9.17, 15) is 4.79 Å². The van der Waals surface area contributed by atoms with Crippen molar-refractivity contribution in [3.05, 3.63) is 47.8 Å². The van der Waals surface area contributed by atoms with E-state index in [1.54, 1.807) is 37.6 Å². The monoisotopic (exact) mass is 243 g/mol. The molecule has 1 amide bonds. The number of amides is 1. The number of nitrogens with two attached hydrogens (primary N) is 1. The van der Waals surface area contributed by atoms with Crippen LogP contribution in [0.1, 0.15) is 21.9 Å².